The first-order valence-corrected chi connectivity index (χ1v) is 11.1. The number of nitrogens with one attached hydrogen (secondary N) is 1. The van der Waals surface area contributed by atoms with Gasteiger partial charge in [0.25, 0.3) is 0 Å². The molecule has 0 amide bonds. The fourth-order valence-corrected chi connectivity index (χ4v) is 4.66. The molecule has 0 saturated heterocycles. The van der Waals surface area contributed by atoms with E-state index in [2.05, 4.69) is 5.32 Å². The summed E-state index contributed by atoms with van der Waals surface area (Å²) in [5.74, 6) is -3.97. The number of Topliss-reactive ketones (excluding diaryl/α,β-unsaturated/α-hetero) is 1. The Morgan fingerprint density at radius 3 is 2.26 bits per heavy atom. The molecule has 0 fully saturated rings. The molecule has 0 aromatic heterocycles. The predicted octanol–water partition coefficient (Wildman–Crippen LogP) is 2.21. The lowest BCUT2D eigenvalue weighted by atomic mass is 9.69. The molecule has 0 saturated carbocycles. The van der Waals surface area contributed by atoms with E-state index in [1.54, 1.807) is 13.8 Å². The van der Waals surface area contributed by atoms with Crippen LogP contribution in [0.5, 0.6) is 17.2 Å². The van der Waals surface area contributed by atoms with Gasteiger partial charge in [-0.1, -0.05) is 6.92 Å². The van der Waals surface area contributed by atoms with Gasteiger partial charge in [-0.3, -0.25) is 9.59 Å². The second kappa shape index (κ2) is 10.8. The van der Waals surface area contributed by atoms with Gasteiger partial charge in [-0.05, 0) is 37.0 Å². The van der Waals surface area contributed by atoms with E-state index in [1.807, 2.05) is 0 Å². The molecule has 1 aliphatic carbocycles. The van der Waals surface area contributed by atoms with Gasteiger partial charge >= 0.3 is 11.9 Å². The van der Waals surface area contributed by atoms with Crippen molar-refractivity contribution in [1.29, 1.82) is 0 Å². The summed E-state index contributed by atoms with van der Waals surface area (Å²) in [5.41, 5.74) is 2.04. The number of dihydropyridines is 1. The smallest absolute Gasteiger partial charge is 0.336 e. The van der Waals surface area contributed by atoms with E-state index in [9.17, 15) is 19.5 Å². The van der Waals surface area contributed by atoms with Crippen molar-refractivity contribution < 1.29 is 43.2 Å². The minimum absolute atomic E-state index is 0.0166. The second-order valence-corrected chi connectivity index (χ2v) is 8.44. The molecule has 0 spiro atoms. The normalized spacial score (nSPS) is 21.8. The number of ether oxygens (including phenoxy) is 5. The highest BCUT2D eigenvalue weighted by molar-refractivity contribution is 6.12. The molecule has 1 aliphatic heterocycles. The average Bonchev–Trinajstić information content (AvgIpc) is 2.83. The number of methoxy groups -OCH3 is 4. The number of phenolic OH excluding ortho intramolecular Hbond substituents is 1. The number of carbonyl (C=O) groups is 3. The van der Waals surface area contributed by atoms with E-state index < -0.39 is 29.6 Å². The van der Waals surface area contributed by atoms with Gasteiger partial charge in [0.2, 0.25) is 5.75 Å². The number of aromatic hydroxyl groups is 1. The summed E-state index contributed by atoms with van der Waals surface area (Å²) in [5, 5.41) is 13.6. The highest BCUT2D eigenvalue weighted by Crippen LogP contribution is 2.48. The Kier molecular flexibility index (Phi) is 8.06. The van der Waals surface area contributed by atoms with E-state index in [0.717, 1.165) is 0 Å². The van der Waals surface area contributed by atoms with Gasteiger partial charge in [0, 0.05) is 30.0 Å². The molecule has 0 unspecified atom stereocenters. The van der Waals surface area contributed by atoms with Crippen molar-refractivity contribution in [3.8, 4) is 17.2 Å². The van der Waals surface area contributed by atoms with E-state index >= 15 is 0 Å². The van der Waals surface area contributed by atoms with Gasteiger partial charge in [-0.25, -0.2) is 4.79 Å². The number of rotatable bonds is 8. The number of phenols is 1. The first-order valence-electron chi connectivity index (χ1n) is 11.1. The largest absolute Gasteiger partial charge is 0.502 e. The molecule has 35 heavy (non-hydrogen) atoms. The standard InChI is InChI=1S/C25H31NO9/c1-12-9-15-21(23(28)18(12)24(29)34-6)20(14-10-16(32-4)22(27)17(11-14)33-5)19(13(2)26-15)25(30)35-8-7-31-3/h10-12,18,20,26-27H,7-9H2,1-6H3/t12-,18-,20+/m0/s1. The highest BCUT2D eigenvalue weighted by Gasteiger charge is 2.47. The Hall–Kier alpha value is -3.53. The summed E-state index contributed by atoms with van der Waals surface area (Å²) in [6, 6.07) is 3.07. The summed E-state index contributed by atoms with van der Waals surface area (Å²) < 4.78 is 25.9. The van der Waals surface area contributed by atoms with Crippen LogP contribution in [-0.2, 0) is 28.6 Å². The SMILES string of the molecule is COCCOC(=O)C1=C(C)NC2=C(C(=O)[C@@H](C(=O)OC)[C@@H](C)C2)[C@@H]1c1cc(OC)c(O)c(OC)c1. The maximum atomic E-state index is 13.8. The fourth-order valence-electron chi connectivity index (χ4n) is 4.66. The first-order chi connectivity index (χ1) is 16.7. The zero-order valence-electron chi connectivity index (χ0n) is 20.7. The third-order valence-corrected chi connectivity index (χ3v) is 6.32. The second-order valence-electron chi connectivity index (χ2n) is 8.44. The van der Waals surface area contributed by atoms with Crippen molar-refractivity contribution in [2.24, 2.45) is 11.8 Å². The number of allylic oxidation sites excluding steroid dienone is 3. The van der Waals surface area contributed by atoms with Crippen LogP contribution in [0.15, 0.2) is 34.7 Å². The molecule has 2 N–H and O–H groups in total. The Morgan fingerprint density at radius 1 is 1.09 bits per heavy atom. The quantitative estimate of drug-likeness (QED) is 0.318. The molecule has 10 heteroatoms. The number of esters is 2. The maximum absolute atomic E-state index is 13.8. The van der Waals surface area contributed by atoms with E-state index in [1.165, 1.54) is 40.6 Å². The van der Waals surface area contributed by atoms with Crippen LogP contribution >= 0.6 is 0 Å². The first kappa shape index (κ1) is 26.1. The Morgan fingerprint density at radius 2 is 1.71 bits per heavy atom. The lowest BCUT2D eigenvalue weighted by molar-refractivity contribution is -0.151. The summed E-state index contributed by atoms with van der Waals surface area (Å²) >= 11 is 0. The van der Waals surface area contributed by atoms with Crippen molar-refractivity contribution in [2.45, 2.75) is 26.2 Å². The highest BCUT2D eigenvalue weighted by atomic mass is 16.6. The molecule has 1 aromatic carbocycles. The van der Waals surface area contributed by atoms with Crippen LogP contribution in [-0.4, -0.2) is 64.5 Å². The van der Waals surface area contributed by atoms with Crippen LogP contribution in [0.3, 0.4) is 0 Å². The monoisotopic (exact) mass is 489 g/mol. The number of hydrogen-bond acceptors (Lipinski definition) is 10. The van der Waals surface area contributed by atoms with Crippen molar-refractivity contribution in [3.63, 3.8) is 0 Å². The van der Waals surface area contributed by atoms with Crippen molar-refractivity contribution >= 4 is 17.7 Å². The third kappa shape index (κ3) is 4.84. The predicted molar refractivity (Wildman–Crippen MR) is 124 cm³/mol. The summed E-state index contributed by atoms with van der Waals surface area (Å²) in [7, 11) is 5.49. The minimum Gasteiger partial charge on any atom is -0.502 e. The minimum atomic E-state index is -1.02. The van der Waals surface area contributed by atoms with E-state index in [-0.39, 0.29) is 47.5 Å². The lowest BCUT2D eigenvalue weighted by Crippen LogP contribution is -2.43. The topological polar surface area (TPSA) is 130 Å². The van der Waals surface area contributed by atoms with Gasteiger partial charge in [0.05, 0.1) is 33.5 Å². The van der Waals surface area contributed by atoms with Crippen LogP contribution in [0.4, 0.5) is 0 Å². The molecule has 2 aliphatic rings. The van der Waals surface area contributed by atoms with Crippen molar-refractivity contribution in [2.75, 3.05) is 41.7 Å². The van der Waals surface area contributed by atoms with E-state index in [4.69, 9.17) is 23.7 Å². The number of carbonyl (C=O) groups excluding carboxylic acids is 3. The summed E-state index contributed by atoms with van der Waals surface area (Å²) in [4.78, 5) is 39.5. The Labute approximate surface area is 203 Å². The van der Waals surface area contributed by atoms with Crippen molar-refractivity contribution in [1.82, 2.24) is 5.32 Å². The van der Waals surface area contributed by atoms with Crippen LogP contribution in [0.1, 0.15) is 31.7 Å². The lowest BCUT2D eigenvalue weighted by Gasteiger charge is -2.38. The van der Waals surface area contributed by atoms with E-state index in [0.29, 0.717) is 23.4 Å². The van der Waals surface area contributed by atoms with Gasteiger partial charge in [0.15, 0.2) is 17.3 Å². The van der Waals surface area contributed by atoms with Crippen LogP contribution in [0, 0.1) is 11.8 Å². The number of hydrogen-bond donors (Lipinski definition) is 2. The molecule has 3 rings (SSSR count). The Bertz CT molecular complexity index is 1060. The molecular formula is C25H31NO9. The molecule has 190 valence electrons. The van der Waals surface area contributed by atoms with Gasteiger partial charge < -0.3 is 34.1 Å². The maximum Gasteiger partial charge on any atom is 0.336 e. The zero-order valence-corrected chi connectivity index (χ0v) is 20.7. The fraction of sp³-hybridized carbons (Fsp3) is 0.480. The third-order valence-electron chi connectivity index (χ3n) is 6.32. The summed E-state index contributed by atoms with van der Waals surface area (Å²) in [6.45, 7) is 3.74. The number of ketones is 1. The van der Waals surface area contributed by atoms with Crippen molar-refractivity contribution in [3.05, 3.63) is 40.2 Å². The van der Waals surface area contributed by atoms with Gasteiger partial charge in [-0.15, -0.1) is 0 Å². The molecule has 0 radical (unpaired) electrons. The number of benzene rings is 1. The molecular weight excluding hydrogens is 458 g/mol. The van der Waals surface area contributed by atoms with Gasteiger partial charge in [0.1, 0.15) is 12.5 Å². The van der Waals surface area contributed by atoms with Crippen LogP contribution in [0.25, 0.3) is 0 Å². The molecule has 3 atom stereocenters. The van der Waals surface area contributed by atoms with Crippen LogP contribution in [0.2, 0.25) is 0 Å². The molecule has 1 aromatic rings. The molecule has 10 nitrogen and oxygen atoms in total. The molecule has 0 bridgehead atoms. The molecule has 1 heterocycles. The average molecular weight is 490 g/mol. The zero-order chi connectivity index (χ0) is 25.9. The van der Waals surface area contributed by atoms with Crippen LogP contribution < -0.4 is 14.8 Å². The summed E-state index contributed by atoms with van der Waals surface area (Å²) in [6.07, 6.45) is 0.396. The van der Waals surface area contributed by atoms with Gasteiger partial charge in [-0.2, -0.15) is 0 Å². The Balaban J connectivity index is 2.23.